The summed E-state index contributed by atoms with van der Waals surface area (Å²) in [5.74, 6) is 0.144. The number of ether oxygens (including phenoxy) is 3. The van der Waals surface area contributed by atoms with Gasteiger partial charge in [-0.25, -0.2) is 4.79 Å². The SMILES string of the molecule is COc1cc(C(=O)OCCCc2cccc(C3(C(=O)O[C@H]4CN5CCC4CC5)CCCCC3)c2)c(Cl)cc1C=O. The number of rotatable bonds is 10. The van der Waals surface area contributed by atoms with Crippen LogP contribution in [0.3, 0.4) is 0 Å². The molecule has 214 valence electrons. The fourth-order valence-electron chi connectivity index (χ4n) is 6.60. The van der Waals surface area contributed by atoms with Crippen molar-refractivity contribution in [3.63, 3.8) is 0 Å². The molecule has 0 radical (unpaired) electrons. The molecule has 4 aliphatic rings. The number of benzene rings is 2. The average molecular weight is 568 g/mol. The Balaban J connectivity index is 1.21. The molecular formula is C32H38ClNO6. The number of aryl methyl sites for hydroxylation is 1. The summed E-state index contributed by atoms with van der Waals surface area (Å²) in [5, 5.41) is 0.142. The zero-order chi connectivity index (χ0) is 28.1. The summed E-state index contributed by atoms with van der Waals surface area (Å²) in [7, 11) is 1.42. The lowest BCUT2D eigenvalue weighted by molar-refractivity contribution is -0.167. The van der Waals surface area contributed by atoms with Gasteiger partial charge < -0.3 is 14.2 Å². The number of piperidine rings is 3. The van der Waals surface area contributed by atoms with Crippen molar-refractivity contribution in [2.45, 2.75) is 69.3 Å². The molecule has 0 amide bonds. The Bertz CT molecular complexity index is 1230. The van der Waals surface area contributed by atoms with Gasteiger partial charge in [0.1, 0.15) is 11.9 Å². The fourth-order valence-corrected chi connectivity index (χ4v) is 6.85. The topological polar surface area (TPSA) is 82.1 Å². The number of hydrogen-bond donors (Lipinski definition) is 0. The molecule has 2 aromatic rings. The molecule has 0 aromatic heterocycles. The largest absolute Gasteiger partial charge is 0.496 e. The van der Waals surface area contributed by atoms with Crippen LogP contribution in [-0.2, 0) is 26.1 Å². The molecule has 0 spiro atoms. The zero-order valence-electron chi connectivity index (χ0n) is 23.2. The quantitative estimate of drug-likeness (QED) is 0.204. The van der Waals surface area contributed by atoms with E-state index in [9.17, 15) is 14.4 Å². The van der Waals surface area contributed by atoms with Crippen LogP contribution in [0.4, 0.5) is 0 Å². The number of halogens is 1. The number of carbonyl (C=O) groups is 3. The maximum Gasteiger partial charge on any atom is 0.339 e. The van der Waals surface area contributed by atoms with Gasteiger partial charge in [0.25, 0.3) is 0 Å². The van der Waals surface area contributed by atoms with E-state index < -0.39 is 11.4 Å². The van der Waals surface area contributed by atoms with Gasteiger partial charge in [0.05, 0.1) is 35.3 Å². The molecule has 3 heterocycles. The molecule has 0 unspecified atom stereocenters. The fraction of sp³-hybridized carbons (Fsp3) is 0.531. The van der Waals surface area contributed by atoms with Crippen molar-refractivity contribution in [3.05, 3.63) is 63.7 Å². The van der Waals surface area contributed by atoms with E-state index in [0.29, 0.717) is 25.0 Å². The maximum absolute atomic E-state index is 13.8. The van der Waals surface area contributed by atoms with Gasteiger partial charge in [-0.3, -0.25) is 14.5 Å². The summed E-state index contributed by atoms with van der Waals surface area (Å²) in [6.45, 7) is 3.32. The molecule has 2 bridgehead atoms. The van der Waals surface area contributed by atoms with E-state index in [1.807, 2.05) is 6.07 Å². The first kappa shape index (κ1) is 28.6. The molecular weight excluding hydrogens is 530 g/mol. The van der Waals surface area contributed by atoms with E-state index in [0.717, 1.165) is 75.7 Å². The molecule has 4 fully saturated rings. The van der Waals surface area contributed by atoms with Gasteiger partial charge in [-0.2, -0.15) is 0 Å². The minimum Gasteiger partial charge on any atom is -0.496 e. The first-order valence-corrected chi connectivity index (χ1v) is 14.8. The second kappa shape index (κ2) is 12.7. The van der Waals surface area contributed by atoms with Crippen LogP contribution in [0.5, 0.6) is 5.75 Å². The first-order chi connectivity index (χ1) is 19.4. The number of fused-ring (bicyclic) bond motifs is 3. The minimum absolute atomic E-state index is 0.00906. The van der Waals surface area contributed by atoms with Crippen LogP contribution >= 0.6 is 11.6 Å². The number of hydrogen-bond acceptors (Lipinski definition) is 7. The number of esters is 2. The number of carbonyl (C=O) groups excluding carboxylic acids is 3. The third-order valence-corrected chi connectivity index (χ3v) is 9.25. The second-order valence-corrected chi connectivity index (χ2v) is 11.8. The van der Waals surface area contributed by atoms with Gasteiger partial charge in [0, 0.05) is 6.54 Å². The summed E-state index contributed by atoms with van der Waals surface area (Å²) < 4.78 is 16.9. The lowest BCUT2D eigenvalue weighted by atomic mass is 9.69. The first-order valence-electron chi connectivity index (χ1n) is 14.5. The molecule has 1 aliphatic carbocycles. The summed E-state index contributed by atoms with van der Waals surface area (Å²) in [6, 6.07) is 11.1. The highest BCUT2D eigenvalue weighted by Crippen LogP contribution is 2.42. The third kappa shape index (κ3) is 6.06. The van der Waals surface area contributed by atoms with E-state index >= 15 is 0 Å². The number of nitrogens with zero attached hydrogens (tertiary/aromatic N) is 1. The van der Waals surface area contributed by atoms with E-state index in [2.05, 4.69) is 23.1 Å². The highest BCUT2D eigenvalue weighted by molar-refractivity contribution is 6.34. The molecule has 1 atom stereocenters. The van der Waals surface area contributed by atoms with Gasteiger partial charge in [-0.1, -0.05) is 55.1 Å². The van der Waals surface area contributed by atoms with Crippen LogP contribution < -0.4 is 4.74 Å². The highest BCUT2D eigenvalue weighted by Gasteiger charge is 2.45. The van der Waals surface area contributed by atoms with Gasteiger partial charge in [0.15, 0.2) is 6.29 Å². The molecule has 1 saturated carbocycles. The van der Waals surface area contributed by atoms with Crippen molar-refractivity contribution in [1.82, 2.24) is 4.90 Å². The summed E-state index contributed by atoms with van der Waals surface area (Å²) in [4.78, 5) is 40.1. The van der Waals surface area contributed by atoms with Gasteiger partial charge in [0.2, 0.25) is 0 Å². The summed E-state index contributed by atoms with van der Waals surface area (Å²) in [5.41, 5.74) is 1.99. The lowest BCUT2D eigenvalue weighted by Gasteiger charge is -2.45. The third-order valence-electron chi connectivity index (χ3n) is 8.94. The van der Waals surface area contributed by atoms with E-state index in [4.69, 9.17) is 25.8 Å². The Morgan fingerprint density at radius 1 is 1.10 bits per heavy atom. The van der Waals surface area contributed by atoms with Crippen molar-refractivity contribution >= 4 is 29.8 Å². The smallest absolute Gasteiger partial charge is 0.339 e. The molecule has 7 nitrogen and oxygen atoms in total. The molecule has 2 aromatic carbocycles. The van der Waals surface area contributed by atoms with Crippen molar-refractivity contribution in [2.24, 2.45) is 5.92 Å². The van der Waals surface area contributed by atoms with Crippen molar-refractivity contribution < 1.29 is 28.6 Å². The normalized spacial score (nSPS) is 23.3. The Labute approximate surface area is 241 Å². The maximum atomic E-state index is 13.8. The molecule has 0 N–H and O–H groups in total. The Morgan fingerprint density at radius 2 is 1.88 bits per heavy atom. The second-order valence-electron chi connectivity index (χ2n) is 11.4. The molecule has 40 heavy (non-hydrogen) atoms. The highest BCUT2D eigenvalue weighted by atomic mass is 35.5. The molecule has 8 heteroatoms. The van der Waals surface area contributed by atoms with Crippen LogP contribution in [0, 0.1) is 5.92 Å². The van der Waals surface area contributed by atoms with Crippen molar-refractivity contribution in [1.29, 1.82) is 0 Å². The predicted molar refractivity (Wildman–Crippen MR) is 152 cm³/mol. The standard InChI is InChI=1S/C32H38ClNO6/c1-38-28-19-26(27(33)18-24(28)21-35)30(36)39-16-6-8-22-7-5-9-25(17-22)32(12-3-2-4-13-32)31(37)40-29-20-34-14-10-23(29)11-15-34/h5,7,9,17-19,21,23,29H,2-4,6,8,10-16,20H2,1H3/t29-/m0/s1. The number of methoxy groups -OCH3 is 1. The van der Waals surface area contributed by atoms with Crippen molar-refractivity contribution in [2.75, 3.05) is 33.4 Å². The Kier molecular flexibility index (Phi) is 9.11. The summed E-state index contributed by atoms with van der Waals surface area (Å²) >= 11 is 6.19. The van der Waals surface area contributed by atoms with Crippen LogP contribution in [0.25, 0.3) is 0 Å². The van der Waals surface area contributed by atoms with Crippen molar-refractivity contribution in [3.8, 4) is 5.75 Å². The van der Waals surface area contributed by atoms with E-state index in [-0.39, 0.29) is 40.6 Å². The van der Waals surface area contributed by atoms with E-state index in [1.165, 1.54) is 19.2 Å². The van der Waals surface area contributed by atoms with Crippen LogP contribution in [0.1, 0.15) is 83.2 Å². The van der Waals surface area contributed by atoms with Crippen LogP contribution in [0.2, 0.25) is 5.02 Å². The minimum atomic E-state index is -0.587. The van der Waals surface area contributed by atoms with Crippen LogP contribution in [0.15, 0.2) is 36.4 Å². The monoisotopic (exact) mass is 567 g/mol. The van der Waals surface area contributed by atoms with Gasteiger partial charge in [-0.15, -0.1) is 0 Å². The molecule has 6 rings (SSSR count). The Morgan fingerprint density at radius 3 is 2.55 bits per heavy atom. The van der Waals surface area contributed by atoms with Gasteiger partial charge >= 0.3 is 11.9 Å². The van der Waals surface area contributed by atoms with Gasteiger partial charge in [-0.05, 0) is 80.8 Å². The molecule has 3 saturated heterocycles. The zero-order valence-corrected chi connectivity index (χ0v) is 23.9. The Hall–Kier alpha value is -2.90. The lowest BCUT2D eigenvalue weighted by Crippen LogP contribution is -2.53. The van der Waals surface area contributed by atoms with Crippen LogP contribution in [-0.4, -0.2) is 62.6 Å². The van der Waals surface area contributed by atoms with E-state index in [1.54, 1.807) is 0 Å². The molecule has 3 aliphatic heterocycles. The average Bonchev–Trinajstić information content (AvgIpc) is 3.00. The number of aldehydes is 1. The predicted octanol–water partition coefficient (Wildman–Crippen LogP) is 5.79. The summed E-state index contributed by atoms with van der Waals surface area (Å²) in [6.07, 6.45) is 9.03.